The molecule has 0 aromatic carbocycles. The van der Waals surface area contributed by atoms with Crippen LogP contribution in [0.15, 0.2) is 6.07 Å². The first-order valence-corrected chi connectivity index (χ1v) is 7.79. The lowest BCUT2D eigenvalue weighted by atomic mass is 10.1. The lowest BCUT2D eigenvalue weighted by Crippen LogP contribution is -2.29. The first kappa shape index (κ1) is 15.2. The van der Waals surface area contributed by atoms with Crippen LogP contribution in [0.1, 0.15) is 51.6 Å². The molecule has 1 fully saturated rings. The van der Waals surface area contributed by atoms with Gasteiger partial charge in [-0.25, -0.2) is 9.97 Å². The summed E-state index contributed by atoms with van der Waals surface area (Å²) in [5, 5.41) is 3.50. The van der Waals surface area contributed by atoms with Gasteiger partial charge >= 0.3 is 0 Å². The maximum absolute atomic E-state index is 4.61. The highest BCUT2D eigenvalue weighted by atomic mass is 15.2. The maximum Gasteiger partial charge on any atom is 0.133 e. The summed E-state index contributed by atoms with van der Waals surface area (Å²) in [7, 11) is 0. The van der Waals surface area contributed by atoms with Crippen molar-refractivity contribution in [2.45, 2.75) is 53.0 Å². The van der Waals surface area contributed by atoms with Crippen LogP contribution in [0.3, 0.4) is 0 Å². The average Bonchev–Trinajstić information content (AvgIpc) is 2.84. The molecular weight excluding hydrogens is 248 g/mol. The third kappa shape index (κ3) is 3.92. The zero-order valence-electron chi connectivity index (χ0n) is 13.5. The zero-order chi connectivity index (χ0) is 14.7. The Morgan fingerprint density at radius 3 is 2.65 bits per heavy atom. The molecular formula is C16H28N4. The first-order valence-electron chi connectivity index (χ1n) is 7.79. The summed E-state index contributed by atoms with van der Waals surface area (Å²) in [5.41, 5.74) is 1.04. The fourth-order valence-electron chi connectivity index (χ4n) is 2.69. The quantitative estimate of drug-likeness (QED) is 0.897. The van der Waals surface area contributed by atoms with Crippen LogP contribution < -0.4 is 5.32 Å². The average molecular weight is 276 g/mol. The Bertz CT molecular complexity index is 442. The van der Waals surface area contributed by atoms with E-state index in [9.17, 15) is 0 Å². The number of nitrogens with zero attached hydrogens (tertiary/aromatic N) is 3. The zero-order valence-corrected chi connectivity index (χ0v) is 13.5. The van der Waals surface area contributed by atoms with Crippen molar-refractivity contribution in [1.29, 1.82) is 0 Å². The number of likely N-dealkylation sites (tertiary alicyclic amines) is 1. The van der Waals surface area contributed by atoms with E-state index in [1.807, 2.05) is 13.0 Å². The van der Waals surface area contributed by atoms with E-state index in [4.69, 9.17) is 0 Å². The second-order valence-electron chi connectivity index (χ2n) is 6.53. The molecule has 4 heteroatoms. The fraction of sp³-hybridized carbons (Fsp3) is 0.750. The molecule has 1 saturated heterocycles. The van der Waals surface area contributed by atoms with Gasteiger partial charge in [0.25, 0.3) is 0 Å². The highest BCUT2D eigenvalue weighted by Crippen LogP contribution is 2.19. The molecule has 0 amide bonds. The highest BCUT2D eigenvalue weighted by molar-refractivity contribution is 5.36. The van der Waals surface area contributed by atoms with E-state index < -0.39 is 0 Å². The summed E-state index contributed by atoms with van der Waals surface area (Å²) >= 11 is 0. The van der Waals surface area contributed by atoms with Crippen LogP contribution in [0.4, 0.5) is 5.82 Å². The molecule has 1 aromatic heterocycles. The van der Waals surface area contributed by atoms with Gasteiger partial charge in [0.2, 0.25) is 0 Å². The predicted molar refractivity (Wildman–Crippen MR) is 84.2 cm³/mol. The molecule has 2 rings (SSSR count). The predicted octanol–water partition coefficient (Wildman–Crippen LogP) is 3.05. The number of rotatable bonds is 5. The number of hydrogen-bond donors (Lipinski definition) is 1. The third-order valence-electron chi connectivity index (χ3n) is 4.01. The molecule has 0 radical (unpaired) electrons. The van der Waals surface area contributed by atoms with Crippen molar-refractivity contribution < 1.29 is 0 Å². The van der Waals surface area contributed by atoms with Crippen molar-refractivity contribution in [3.63, 3.8) is 0 Å². The molecule has 4 nitrogen and oxygen atoms in total. The lowest BCUT2D eigenvalue weighted by molar-refractivity contribution is 0.266. The van der Waals surface area contributed by atoms with E-state index in [0.29, 0.717) is 12.0 Å². The number of aryl methyl sites for hydroxylation is 1. The van der Waals surface area contributed by atoms with E-state index in [-0.39, 0.29) is 0 Å². The Hall–Kier alpha value is -1.16. The van der Waals surface area contributed by atoms with Gasteiger partial charge in [-0.05, 0) is 39.7 Å². The standard InChI is InChI=1S/C16H28N4/c1-11(2)16-18-13(5)8-15(19-16)17-9-14-6-7-20(10-14)12(3)4/h8,11-12,14H,6-7,9-10H2,1-5H3,(H,17,18,19). The molecule has 1 unspecified atom stereocenters. The normalized spacial score (nSPS) is 20.1. The maximum atomic E-state index is 4.61. The fourth-order valence-corrected chi connectivity index (χ4v) is 2.69. The van der Waals surface area contributed by atoms with E-state index in [0.717, 1.165) is 29.8 Å². The summed E-state index contributed by atoms with van der Waals surface area (Å²) in [6.07, 6.45) is 1.28. The number of anilines is 1. The molecule has 2 heterocycles. The van der Waals surface area contributed by atoms with E-state index >= 15 is 0 Å². The van der Waals surface area contributed by atoms with Crippen LogP contribution in [0, 0.1) is 12.8 Å². The van der Waals surface area contributed by atoms with Gasteiger partial charge in [-0.1, -0.05) is 13.8 Å². The second kappa shape index (κ2) is 6.53. The largest absolute Gasteiger partial charge is 0.370 e. The summed E-state index contributed by atoms with van der Waals surface area (Å²) < 4.78 is 0. The van der Waals surface area contributed by atoms with Gasteiger partial charge < -0.3 is 10.2 Å². The minimum atomic E-state index is 0.373. The molecule has 112 valence electrons. The van der Waals surface area contributed by atoms with Crippen molar-refractivity contribution in [2.75, 3.05) is 25.0 Å². The molecule has 0 bridgehead atoms. The van der Waals surface area contributed by atoms with Gasteiger partial charge in [-0.2, -0.15) is 0 Å². The smallest absolute Gasteiger partial charge is 0.133 e. The first-order chi connectivity index (χ1) is 9.45. The summed E-state index contributed by atoms with van der Waals surface area (Å²) in [6.45, 7) is 14.3. The monoisotopic (exact) mass is 276 g/mol. The van der Waals surface area contributed by atoms with E-state index in [1.54, 1.807) is 0 Å². The number of nitrogens with one attached hydrogen (secondary N) is 1. The second-order valence-corrected chi connectivity index (χ2v) is 6.53. The summed E-state index contributed by atoms with van der Waals surface area (Å²) in [6, 6.07) is 2.70. The molecule has 1 aliphatic heterocycles. The molecule has 1 aliphatic rings. The Morgan fingerprint density at radius 1 is 1.30 bits per heavy atom. The van der Waals surface area contributed by atoms with Crippen LogP contribution in [-0.4, -0.2) is 40.5 Å². The molecule has 20 heavy (non-hydrogen) atoms. The van der Waals surface area contributed by atoms with Gasteiger partial charge in [-0.3, -0.25) is 0 Å². The van der Waals surface area contributed by atoms with Crippen molar-refractivity contribution in [1.82, 2.24) is 14.9 Å². The lowest BCUT2D eigenvalue weighted by Gasteiger charge is -2.20. The SMILES string of the molecule is Cc1cc(NCC2CCN(C(C)C)C2)nc(C(C)C)n1. The highest BCUT2D eigenvalue weighted by Gasteiger charge is 2.23. The van der Waals surface area contributed by atoms with E-state index in [1.165, 1.54) is 19.5 Å². The Kier molecular flexibility index (Phi) is 4.97. The van der Waals surface area contributed by atoms with Crippen molar-refractivity contribution in [3.8, 4) is 0 Å². The topological polar surface area (TPSA) is 41.0 Å². The molecule has 1 atom stereocenters. The molecule has 0 saturated carbocycles. The molecule has 0 spiro atoms. The Balaban J connectivity index is 1.91. The van der Waals surface area contributed by atoms with Gasteiger partial charge in [0.15, 0.2) is 0 Å². The molecule has 0 aliphatic carbocycles. The van der Waals surface area contributed by atoms with Gasteiger partial charge in [0.05, 0.1) is 0 Å². The summed E-state index contributed by atoms with van der Waals surface area (Å²) in [5.74, 6) is 3.01. The van der Waals surface area contributed by atoms with Crippen LogP contribution >= 0.6 is 0 Å². The molecule has 1 aromatic rings. The van der Waals surface area contributed by atoms with Crippen molar-refractivity contribution in [3.05, 3.63) is 17.6 Å². The third-order valence-corrected chi connectivity index (χ3v) is 4.01. The van der Waals surface area contributed by atoms with Gasteiger partial charge in [0.1, 0.15) is 11.6 Å². The van der Waals surface area contributed by atoms with Crippen LogP contribution in [0.5, 0.6) is 0 Å². The Labute approximate surface area is 123 Å². The number of hydrogen-bond acceptors (Lipinski definition) is 4. The van der Waals surface area contributed by atoms with E-state index in [2.05, 4.69) is 47.9 Å². The van der Waals surface area contributed by atoms with Crippen LogP contribution in [-0.2, 0) is 0 Å². The Morgan fingerprint density at radius 2 is 2.05 bits per heavy atom. The van der Waals surface area contributed by atoms with Crippen molar-refractivity contribution >= 4 is 5.82 Å². The molecule has 1 N–H and O–H groups in total. The number of aromatic nitrogens is 2. The minimum absolute atomic E-state index is 0.373. The van der Waals surface area contributed by atoms with Crippen molar-refractivity contribution in [2.24, 2.45) is 5.92 Å². The van der Waals surface area contributed by atoms with Crippen LogP contribution in [0.25, 0.3) is 0 Å². The van der Waals surface area contributed by atoms with Crippen LogP contribution in [0.2, 0.25) is 0 Å². The minimum Gasteiger partial charge on any atom is -0.370 e. The summed E-state index contributed by atoms with van der Waals surface area (Å²) in [4.78, 5) is 11.7. The van der Waals surface area contributed by atoms with Gasteiger partial charge in [-0.15, -0.1) is 0 Å². The van der Waals surface area contributed by atoms with Gasteiger partial charge in [0, 0.05) is 36.8 Å².